The van der Waals surface area contributed by atoms with Crippen LogP contribution in [0.1, 0.15) is 0 Å². The molecule has 12 aromatic rings. The summed E-state index contributed by atoms with van der Waals surface area (Å²) in [5.74, 6) is 0.675. The van der Waals surface area contributed by atoms with Gasteiger partial charge in [-0.25, -0.2) is 14.8 Å². The number of fused-ring (bicyclic) bond motifs is 5. The highest BCUT2D eigenvalue weighted by Gasteiger charge is 2.17. The maximum absolute atomic E-state index is 7.35. The predicted molar refractivity (Wildman–Crippen MR) is 276 cm³/mol. The third-order valence-corrected chi connectivity index (χ3v) is 12.9. The highest BCUT2D eigenvalue weighted by Crippen LogP contribution is 2.44. The van der Waals surface area contributed by atoms with Crippen LogP contribution in [-0.2, 0) is 0 Å². The van der Waals surface area contributed by atoms with Crippen molar-refractivity contribution in [3.8, 4) is 78.4 Å². The molecule has 0 radical (unpaired) electrons. The second-order valence-electron chi connectivity index (χ2n) is 16.8. The molecule has 66 heavy (non-hydrogen) atoms. The fourth-order valence-electron chi connectivity index (χ4n) is 9.60. The molecule has 0 unspecified atom stereocenters. The Morgan fingerprint density at radius 2 is 0.818 bits per heavy atom. The lowest BCUT2D eigenvalue weighted by Crippen LogP contribution is -1.96. The molecule has 3 heteroatoms. The highest BCUT2D eigenvalue weighted by atomic mass is 14.9. The number of nitrogens with zero attached hydrogens (tertiary/aromatic N) is 3. The summed E-state index contributed by atoms with van der Waals surface area (Å²) in [6.45, 7) is 7.35. The minimum atomic E-state index is 0.627. The van der Waals surface area contributed by atoms with Crippen molar-refractivity contribution in [1.29, 1.82) is 0 Å². The molecular weight excluding hydrogens is 799 g/mol. The number of rotatable bonds is 7. The molecule has 12 rings (SSSR count). The number of hydrogen-bond donors (Lipinski definition) is 0. The van der Waals surface area contributed by atoms with Gasteiger partial charge in [-0.3, -0.25) is 0 Å². The van der Waals surface area contributed by atoms with Gasteiger partial charge >= 0.3 is 0 Å². The molecule has 11 aromatic carbocycles. The first kappa shape index (κ1) is 38.7. The van der Waals surface area contributed by atoms with Crippen molar-refractivity contribution in [1.82, 2.24) is 9.97 Å². The Labute approximate surface area is 383 Å². The molecule has 0 bridgehead atoms. The molecule has 3 nitrogen and oxygen atoms in total. The fraction of sp³-hybridized carbons (Fsp3) is 0. The molecule has 1 aromatic heterocycles. The van der Waals surface area contributed by atoms with Gasteiger partial charge in [0.1, 0.15) is 0 Å². The Kier molecular flexibility index (Phi) is 9.55. The molecule has 0 aliphatic heterocycles. The van der Waals surface area contributed by atoms with Gasteiger partial charge in [0.05, 0.1) is 18.0 Å². The summed E-state index contributed by atoms with van der Waals surface area (Å²) in [5.41, 5.74) is 14.6. The normalized spacial score (nSPS) is 11.3. The van der Waals surface area contributed by atoms with Crippen LogP contribution in [-0.4, -0.2) is 9.97 Å². The van der Waals surface area contributed by atoms with Gasteiger partial charge in [0.15, 0.2) is 11.5 Å². The lowest BCUT2D eigenvalue weighted by molar-refractivity contribution is 1.18. The summed E-state index contributed by atoms with van der Waals surface area (Å²) < 4.78 is 0. The topological polar surface area (TPSA) is 30.1 Å². The summed E-state index contributed by atoms with van der Waals surface area (Å²) in [6, 6.07) is 83.9. The summed E-state index contributed by atoms with van der Waals surface area (Å²) in [7, 11) is 0. The monoisotopic (exact) mass is 837 g/mol. The largest absolute Gasteiger partial charge is 0.238 e. The van der Waals surface area contributed by atoms with E-state index in [0.717, 1.165) is 50.3 Å². The third kappa shape index (κ3) is 6.95. The van der Waals surface area contributed by atoms with Crippen LogP contribution in [0.25, 0.3) is 126 Å². The second kappa shape index (κ2) is 16.3. The summed E-state index contributed by atoms with van der Waals surface area (Å²) >= 11 is 0. The smallest absolute Gasteiger partial charge is 0.187 e. The lowest BCUT2D eigenvalue weighted by Gasteiger charge is -2.17. The van der Waals surface area contributed by atoms with E-state index in [9.17, 15) is 0 Å². The Bertz CT molecular complexity index is 3850. The van der Waals surface area contributed by atoms with Crippen molar-refractivity contribution < 1.29 is 0 Å². The van der Waals surface area contributed by atoms with Crippen LogP contribution in [0.4, 0.5) is 5.69 Å². The van der Waals surface area contributed by atoms with E-state index in [-0.39, 0.29) is 0 Å². The average Bonchev–Trinajstić information content (AvgIpc) is 3.40. The molecule has 0 aliphatic rings. The van der Waals surface area contributed by atoms with Crippen LogP contribution in [0.5, 0.6) is 0 Å². The average molecular weight is 838 g/mol. The van der Waals surface area contributed by atoms with Gasteiger partial charge in [-0.2, -0.15) is 0 Å². The molecule has 0 atom stereocenters. The zero-order valence-corrected chi connectivity index (χ0v) is 35.9. The van der Waals surface area contributed by atoms with Gasteiger partial charge in [-0.1, -0.05) is 218 Å². The van der Waals surface area contributed by atoms with E-state index in [1.165, 1.54) is 65.3 Å². The molecule has 306 valence electrons. The highest BCUT2D eigenvalue weighted by molar-refractivity contribution is 6.23. The molecule has 0 spiro atoms. The summed E-state index contributed by atoms with van der Waals surface area (Å²) in [6.07, 6.45) is 0. The van der Waals surface area contributed by atoms with Gasteiger partial charge in [0.2, 0.25) is 0 Å². The first-order valence-corrected chi connectivity index (χ1v) is 22.2. The molecule has 0 saturated heterocycles. The third-order valence-electron chi connectivity index (χ3n) is 12.9. The van der Waals surface area contributed by atoms with E-state index in [1.807, 2.05) is 42.5 Å². The molecule has 0 fully saturated rings. The Hall–Kier alpha value is -8.97. The molecule has 1 heterocycles. The van der Waals surface area contributed by atoms with Crippen molar-refractivity contribution in [2.75, 3.05) is 0 Å². The van der Waals surface area contributed by atoms with Crippen molar-refractivity contribution in [3.63, 3.8) is 0 Å². The summed E-state index contributed by atoms with van der Waals surface area (Å²) in [5, 5.41) is 10.1. The number of benzene rings is 11. The SMILES string of the molecule is [C-]#[N+]c1ccc(-c2cccc(-c3cc(-c4ccc(-c5ccc(-c6ccc(-c7c8ccccc8cc8c7ccc7ccccc78)c7ccccc67)cc5)cc4)nc(-c4ccccc4)n3)c2)cc1. The lowest BCUT2D eigenvalue weighted by atomic mass is 9.86. The van der Waals surface area contributed by atoms with Crippen molar-refractivity contribution >= 4 is 48.8 Å². The van der Waals surface area contributed by atoms with Crippen LogP contribution in [0, 0.1) is 6.57 Å². The van der Waals surface area contributed by atoms with Crippen LogP contribution in [0.2, 0.25) is 0 Å². The van der Waals surface area contributed by atoms with E-state index in [0.29, 0.717) is 11.5 Å². The van der Waals surface area contributed by atoms with Crippen LogP contribution in [0.15, 0.2) is 237 Å². The first-order chi connectivity index (χ1) is 32.6. The fourth-order valence-corrected chi connectivity index (χ4v) is 9.60. The first-order valence-electron chi connectivity index (χ1n) is 22.2. The van der Waals surface area contributed by atoms with E-state index in [4.69, 9.17) is 16.5 Å². The van der Waals surface area contributed by atoms with Gasteiger partial charge in [0, 0.05) is 16.7 Å². The molecular formula is C63H39N3. The van der Waals surface area contributed by atoms with Crippen LogP contribution < -0.4 is 0 Å². The quantitative estimate of drug-likeness (QED) is 0.0909. The Morgan fingerprint density at radius 1 is 0.288 bits per heavy atom. The van der Waals surface area contributed by atoms with E-state index in [2.05, 4.69) is 199 Å². The van der Waals surface area contributed by atoms with E-state index in [1.54, 1.807) is 0 Å². The zero-order chi connectivity index (χ0) is 44.0. The molecule has 0 saturated carbocycles. The van der Waals surface area contributed by atoms with Gasteiger partial charge in [-0.05, 0) is 106 Å². The van der Waals surface area contributed by atoms with Gasteiger partial charge in [0.25, 0.3) is 0 Å². The van der Waals surface area contributed by atoms with Gasteiger partial charge in [-0.15, -0.1) is 0 Å². The zero-order valence-electron chi connectivity index (χ0n) is 35.9. The van der Waals surface area contributed by atoms with Crippen LogP contribution in [0.3, 0.4) is 0 Å². The maximum atomic E-state index is 7.35. The Morgan fingerprint density at radius 3 is 1.55 bits per heavy atom. The molecule has 0 amide bonds. The van der Waals surface area contributed by atoms with E-state index >= 15 is 0 Å². The Balaban J connectivity index is 0.883. The molecule has 0 aliphatic carbocycles. The molecule has 0 N–H and O–H groups in total. The number of hydrogen-bond acceptors (Lipinski definition) is 2. The van der Waals surface area contributed by atoms with Crippen molar-refractivity contribution in [2.45, 2.75) is 0 Å². The second-order valence-corrected chi connectivity index (χ2v) is 16.8. The maximum Gasteiger partial charge on any atom is 0.187 e. The standard InChI is InChI=1S/C63H39N3/c1-64-51-33-30-43(31-34-51)48-16-11-17-50(38-48)61-40-60(65-63(66-61)47-13-3-2-4-14-47)46-28-24-42(25-29-46)41-22-26-45(27-23-41)53-36-37-57(56-21-10-9-20-55(53)56)62-54-19-8-6-15-49(54)39-59-52-18-7-5-12-44(52)32-35-58(59)62/h2-40H. The summed E-state index contributed by atoms with van der Waals surface area (Å²) in [4.78, 5) is 13.7. The minimum Gasteiger partial charge on any atom is -0.238 e. The number of aromatic nitrogens is 2. The van der Waals surface area contributed by atoms with Crippen molar-refractivity contribution in [2.24, 2.45) is 0 Å². The minimum absolute atomic E-state index is 0.627. The predicted octanol–water partition coefficient (Wildman–Crippen LogP) is 17.3. The van der Waals surface area contributed by atoms with Gasteiger partial charge < -0.3 is 0 Å². The van der Waals surface area contributed by atoms with Crippen LogP contribution >= 0.6 is 0 Å². The van der Waals surface area contributed by atoms with E-state index < -0.39 is 0 Å². The van der Waals surface area contributed by atoms with Crippen molar-refractivity contribution in [3.05, 3.63) is 248 Å².